The Morgan fingerprint density at radius 1 is 1.07 bits per heavy atom. The molecule has 0 unspecified atom stereocenters. The van der Waals surface area contributed by atoms with Gasteiger partial charge in [-0.05, 0) is 37.5 Å². The van der Waals surface area contributed by atoms with Crippen LogP contribution in [0.2, 0.25) is 0 Å². The lowest BCUT2D eigenvalue weighted by Crippen LogP contribution is -2.42. The molecule has 0 bridgehead atoms. The van der Waals surface area contributed by atoms with Crippen molar-refractivity contribution in [2.75, 3.05) is 34.9 Å². The van der Waals surface area contributed by atoms with Crippen molar-refractivity contribution in [3.63, 3.8) is 0 Å². The van der Waals surface area contributed by atoms with Crippen molar-refractivity contribution < 1.29 is 36.3 Å². The minimum Gasteiger partial charge on any atom is -0.497 e. The van der Waals surface area contributed by atoms with E-state index in [0.29, 0.717) is 17.7 Å². The number of nitrogens with zero attached hydrogens (tertiary/aromatic N) is 3. The number of amides is 2. The van der Waals surface area contributed by atoms with Crippen LogP contribution in [0, 0.1) is 6.92 Å². The Bertz CT molecular complexity index is 1480. The first-order valence-electron chi connectivity index (χ1n) is 12.4. The number of benzene rings is 2. The Balaban J connectivity index is 1.90. The maximum Gasteiger partial charge on any atom is 0.353 e. The van der Waals surface area contributed by atoms with Gasteiger partial charge in [-0.1, -0.05) is 30.3 Å². The van der Waals surface area contributed by atoms with Gasteiger partial charge in [0.15, 0.2) is 0 Å². The minimum atomic E-state index is -4.08. The fourth-order valence-corrected chi connectivity index (χ4v) is 5.35. The van der Waals surface area contributed by atoms with E-state index in [1.807, 2.05) is 35.1 Å². The van der Waals surface area contributed by atoms with Crippen LogP contribution in [-0.4, -0.2) is 69.3 Å². The van der Waals surface area contributed by atoms with Crippen LogP contribution in [-0.2, 0) is 33.9 Å². The highest BCUT2D eigenvalue weighted by Crippen LogP contribution is 2.39. The van der Waals surface area contributed by atoms with Crippen LogP contribution in [0.5, 0.6) is 11.5 Å². The van der Waals surface area contributed by atoms with Crippen molar-refractivity contribution in [1.29, 1.82) is 0 Å². The van der Waals surface area contributed by atoms with Crippen LogP contribution in [0.1, 0.15) is 37.9 Å². The molecule has 0 aliphatic carbocycles. The van der Waals surface area contributed by atoms with Crippen molar-refractivity contribution >= 4 is 33.4 Å². The molecule has 0 radical (unpaired) electrons. The van der Waals surface area contributed by atoms with E-state index in [1.165, 1.54) is 40.4 Å². The first-order valence-corrected chi connectivity index (χ1v) is 14.7. The SMILES string of the molecule is COc1ccc(C(F)(F)C(=O)N(CCCc2ccccc2)Cc2nc(C(=O)NS(=O)(=O)N(C)C)c(C)s2)c(OC)c1. The summed E-state index contributed by atoms with van der Waals surface area (Å²) in [6, 6.07) is 13.1. The van der Waals surface area contributed by atoms with Gasteiger partial charge in [0.1, 0.15) is 22.2 Å². The average Bonchev–Trinajstić information content (AvgIpc) is 3.31. The quantitative estimate of drug-likeness (QED) is 0.313. The zero-order valence-electron chi connectivity index (χ0n) is 23.3. The average molecular weight is 611 g/mol. The monoisotopic (exact) mass is 610 g/mol. The summed E-state index contributed by atoms with van der Waals surface area (Å²) in [5, 5.41) is 0.195. The predicted molar refractivity (Wildman–Crippen MR) is 151 cm³/mol. The molecule has 1 heterocycles. The van der Waals surface area contributed by atoms with Crippen molar-refractivity contribution in [2.24, 2.45) is 0 Å². The number of hydrogen-bond acceptors (Lipinski definition) is 8. The third-order valence-corrected chi connectivity index (χ3v) is 8.48. The zero-order valence-corrected chi connectivity index (χ0v) is 24.9. The summed E-state index contributed by atoms with van der Waals surface area (Å²) in [5.41, 5.74) is 0.188. The smallest absolute Gasteiger partial charge is 0.353 e. The number of hydrogen-bond donors (Lipinski definition) is 1. The van der Waals surface area contributed by atoms with Crippen LogP contribution < -0.4 is 14.2 Å². The fourth-order valence-electron chi connectivity index (χ4n) is 3.89. The summed E-state index contributed by atoms with van der Waals surface area (Å²) >= 11 is 1.01. The summed E-state index contributed by atoms with van der Waals surface area (Å²) in [6.07, 6.45) is 0.916. The minimum absolute atomic E-state index is 0.0308. The van der Waals surface area contributed by atoms with E-state index >= 15 is 8.78 Å². The summed E-state index contributed by atoms with van der Waals surface area (Å²) in [6.45, 7) is 1.20. The van der Waals surface area contributed by atoms with Crippen LogP contribution in [0.15, 0.2) is 48.5 Å². The van der Waals surface area contributed by atoms with Crippen molar-refractivity contribution in [3.05, 3.63) is 75.2 Å². The predicted octanol–water partition coefficient (Wildman–Crippen LogP) is 3.76. The van der Waals surface area contributed by atoms with E-state index < -0.39 is 33.5 Å². The van der Waals surface area contributed by atoms with Crippen LogP contribution >= 0.6 is 11.3 Å². The fraction of sp³-hybridized carbons (Fsp3) is 0.370. The number of carbonyl (C=O) groups is 2. The maximum absolute atomic E-state index is 15.7. The number of alkyl halides is 2. The third kappa shape index (κ3) is 7.77. The molecule has 10 nitrogen and oxygen atoms in total. The Kier molecular flexibility index (Phi) is 10.4. The number of nitrogens with one attached hydrogen (secondary N) is 1. The van der Waals surface area contributed by atoms with Gasteiger partial charge in [0.25, 0.3) is 11.8 Å². The standard InChI is InChI=1S/C27H32F2N4O6S2/c1-18-24(25(34)31-41(36,37)32(2)3)30-23(40-18)17-33(15-9-12-19-10-7-6-8-11-19)26(35)27(28,29)21-14-13-20(38-4)16-22(21)39-5/h6-8,10-11,13-14,16H,9,12,15,17H2,1-5H3,(H,31,34). The van der Waals surface area contributed by atoms with Gasteiger partial charge in [-0.15, -0.1) is 11.3 Å². The molecule has 1 N–H and O–H groups in total. The number of carbonyl (C=O) groups excluding carboxylic acids is 2. The van der Waals surface area contributed by atoms with E-state index in [2.05, 4.69) is 4.98 Å². The normalized spacial score (nSPS) is 11.8. The van der Waals surface area contributed by atoms with Gasteiger partial charge >= 0.3 is 16.1 Å². The number of aromatic nitrogens is 1. The number of aryl methyl sites for hydroxylation is 2. The molecule has 14 heteroatoms. The molecule has 2 amide bonds. The Labute approximate surface area is 242 Å². The van der Waals surface area contributed by atoms with Gasteiger partial charge in [0.05, 0.1) is 26.3 Å². The van der Waals surface area contributed by atoms with Crippen LogP contribution in [0.3, 0.4) is 0 Å². The molecule has 0 fully saturated rings. The van der Waals surface area contributed by atoms with E-state index in [1.54, 1.807) is 6.92 Å². The summed E-state index contributed by atoms with van der Waals surface area (Å²) in [7, 11) is 1.04. The first kappa shape index (κ1) is 31.9. The van der Waals surface area contributed by atoms with Crippen LogP contribution in [0.25, 0.3) is 0 Å². The summed E-state index contributed by atoms with van der Waals surface area (Å²) in [5.74, 6) is -6.32. The van der Waals surface area contributed by atoms with Gasteiger partial charge in [-0.2, -0.15) is 21.5 Å². The topological polar surface area (TPSA) is 118 Å². The van der Waals surface area contributed by atoms with Gasteiger partial charge < -0.3 is 14.4 Å². The number of thiazole rings is 1. The second-order valence-electron chi connectivity index (χ2n) is 9.19. The first-order chi connectivity index (χ1) is 19.3. The highest BCUT2D eigenvalue weighted by molar-refractivity contribution is 7.87. The van der Waals surface area contributed by atoms with E-state index in [0.717, 1.165) is 32.2 Å². The summed E-state index contributed by atoms with van der Waals surface area (Å²) in [4.78, 5) is 31.6. The van der Waals surface area contributed by atoms with Gasteiger partial charge in [0, 0.05) is 31.6 Å². The zero-order chi connectivity index (χ0) is 30.4. The molecule has 1 aromatic heterocycles. The van der Waals surface area contributed by atoms with Crippen LogP contribution in [0.4, 0.5) is 8.78 Å². The lowest BCUT2D eigenvalue weighted by Gasteiger charge is -2.27. The van der Waals surface area contributed by atoms with E-state index in [4.69, 9.17) is 9.47 Å². The van der Waals surface area contributed by atoms with Gasteiger partial charge in [-0.3, -0.25) is 9.59 Å². The van der Waals surface area contributed by atoms with Crippen molar-refractivity contribution in [1.82, 2.24) is 18.9 Å². The van der Waals surface area contributed by atoms with E-state index in [-0.39, 0.29) is 35.3 Å². The summed E-state index contributed by atoms with van der Waals surface area (Å²) < 4.78 is 68.6. The number of rotatable bonds is 13. The lowest BCUT2D eigenvalue weighted by molar-refractivity contribution is -0.160. The molecular weight excluding hydrogens is 578 g/mol. The Morgan fingerprint density at radius 2 is 1.76 bits per heavy atom. The third-order valence-electron chi connectivity index (χ3n) is 6.12. The molecule has 0 saturated heterocycles. The molecule has 222 valence electrons. The second kappa shape index (κ2) is 13.4. The molecule has 3 rings (SSSR count). The number of ether oxygens (including phenoxy) is 2. The molecule has 0 spiro atoms. The molecule has 41 heavy (non-hydrogen) atoms. The number of halogens is 2. The van der Waals surface area contributed by atoms with Gasteiger partial charge in [0.2, 0.25) is 0 Å². The molecule has 2 aromatic carbocycles. The van der Waals surface area contributed by atoms with Gasteiger partial charge in [-0.25, -0.2) is 9.71 Å². The molecule has 0 atom stereocenters. The second-order valence-corrected chi connectivity index (χ2v) is 12.4. The van der Waals surface area contributed by atoms with Crippen molar-refractivity contribution in [3.8, 4) is 11.5 Å². The maximum atomic E-state index is 15.7. The largest absolute Gasteiger partial charge is 0.497 e. The highest BCUT2D eigenvalue weighted by atomic mass is 32.2. The molecule has 0 saturated carbocycles. The Morgan fingerprint density at radius 3 is 2.37 bits per heavy atom. The Hall–Kier alpha value is -3.62. The lowest BCUT2D eigenvalue weighted by atomic mass is 10.0. The molecule has 3 aromatic rings. The highest BCUT2D eigenvalue weighted by Gasteiger charge is 2.46. The molecule has 0 aliphatic rings. The van der Waals surface area contributed by atoms with E-state index in [9.17, 15) is 18.0 Å². The number of methoxy groups -OCH3 is 2. The van der Waals surface area contributed by atoms with Crippen molar-refractivity contribution in [2.45, 2.75) is 32.2 Å². The molecular formula is C27H32F2N4O6S2. The molecule has 0 aliphatic heterocycles.